The number of aromatic nitrogens is 2. The van der Waals surface area contributed by atoms with Gasteiger partial charge >= 0.3 is 0 Å². The Morgan fingerprint density at radius 2 is 1.89 bits per heavy atom. The summed E-state index contributed by atoms with van der Waals surface area (Å²) in [7, 11) is 0. The molecule has 1 aromatic carbocycles. The Hall–Kier alpha value is -2.33. The monoisotopic (exact) mass is 271 g/mol. The van der Waals surface area contributed by atoms with Crippen molar-refractivity contribution in [2.45, 2.75) is 0 Å². The number of fused-ring (bicyclic) bond motifs is 1. The number of amides is 1. The Labute approximate surface area is 114 Å². The van der Waals surface area contributed by atoms with Crippen LogP contribution in [0.1, 0.15) is 10.5 Å². The van der Waals surface area contributed by atoms with Crippen molar-refractivity contribution in [3.05, 3.63) is 65.6 Å². The standard InChI is InChI=1S/C14H10ClN3O/c15-10-6-7-13-17-12(9-18(13)8-10)14(19)16-11-4-2-1-3-5-11/h1-9H,(H,16,19). The van der Waals surface area contributed by atoms with Gasteiger partial charge in [0.15, 0.2) is 0 Å². The van der Waals surface area contributed by atoms with E-state index in [1.165, 1.54) is 0 Å². The minimum Gasteiger partial charge on any atom is -0.321 e. The maximum absolute atomic E-state index is 12.0. The number of pyridine rings is 1. The Bertz CT molecular complexity index is 737. The zero-order chi connectivity index (χ0) is 13.2. The second-order valence-electron chi connectivity index (χ2n) is 4.06. The fourth-order valence-corrected chi connectivity index (χ4v) is 1.96. The molecule has 2 heterocycles. The van der Waals surface area contributed by atoms with Gasteiger partial charge in [-0.15, -0.1) is 0 Å². The summed E-state index contributed by atoms with van der Waals surface area (Å²) < 4.78 is 1.72. The molecule has 0 bridgehead atoms. The normalized spacial score (nSPS) is 10.6. The van der Waals surface area contributed by atoms with Crippen LogP contribution in [0.3, 0.4) is 0 Å². The molecule has 0 aliphatic rings. The van der Waals surface area contributed by atoms with Crippen LogP contribution in [0, 0.1) is 0 Å². The quantitative estimate of drug-likeness (QED) is 0.778. The first-order valence-corrected chi connectivity index (χ1v) is 6.11. The van der Waals surface area contributed by atoms with Gasteiger partial charge in [0.1, 0.15) is 11.3 Å². The van der Waals surface area contributed by atoms with Crippen LogP contribution in [0.4, 0.5) is 5.69 Å². The fourth-order valence-electron chi connectivity index (χ4n) is 1.79. The molecule has 0 aliphatic carbocycles. The number of carbonyl (C=O) groups excluding carboxylic acids is 1. The Balaban J connectivity index is 1.89. The molecule has 0 saturated heterocycles. The molecule has 0 spiro atoms. The molecular formula is C14H10ClN3O. The van der Waals surface area contributed by atoms with Crippen LogP contribution in [-0.2, 0) is 0 Å². The second kappa shape index (κ2) is 4.74. The van der Waals surface area contributed by atoms with Crippen molar-refractivity contribution in [2.24, 2.45) is 0 Å². The van der Waals surface area contributed by atoms with E-state index in [0.29, 0.717) is 16.4 Å². The smallest absolute Gasteiger partial charge is 0.275 e. The molecule has 19 heavy (non-hydrogen) atoms. The van der Waals surface area contributed by atoms with Gasteiger partial charge in [-0.3, -0.25) is 4.79 Å². The van der Waals surface area contributed by atoms with E-state index in [4.69, 9.17) is 11.6 Å². The molecule has 0 radical (unpaired) electrons. The first-order valence-electron chi connectivity index (χ1n) is 5.73. The summed E-state index contributed by atoms with van der Waals surface area (Å²) in [4.78, 5) is 16.3. The van der Waals surface area contributed by atoms with Gasteiger partial charge in [-0.2, -0.15) is 0 Å². The summed E-state index contributed by atoms with van der Waals surface area (Å²) in [5, 5.41) is 3.38. The highest BCUT2D eigenvalue weighted by molar-refractivity contribution is 6.30. The molecule has 5 heteroatoms. The molecule has 0 unspecified atom stereocenters. The molecule has 94 valence electrons. The number of anilines is 1. The lowest BCUT2D eigenvalue weighted by atomic mass is 10.3. The summed E-state index contributed by atoms with van der Waals surface area (Å²) in [5.74, 6) is -0.244. The highest BCUT2D eigenvalue weighted by Crippen LogP contribution is 2.13. The molecule has 0 fully saturated rings. The lowest BCUT2D eigenvalue weighted by molar-refractivity contribution is 0.102. The Morgan fingerprint density at radius 1 is 1.11 bits per heavy atom. The molecule has 0 aliphatic heterocycles. The van der Waals surface area contributed by atoms with E-state index in [0.717, 1.165) is 5.69 Å². The number of nitrogens with zero attached hydrogens (tertiary/aromatic N) is 2. The molecule has 0 atom stereocenters. The number of nitrogens with one attached hydrogen (secondary N) is 1. The predicted molar refractivity (Wildman–Crippen MR) is 74.6 cm³/mol. The van der Waals surface area contributed by atoms with Crippen LogP contribution in [0.2, 0.25) is 5.02 Å². The van der Waals surface area contributed by atoms with E-state index in [1.807, 2.05) is 30.3 Å². The van der Waals surface area contributed by atoms with Crippen LogP contribution in [-0.4, -0.2) is 15.3 Å². The number of hydrogen-bond donors (Lipinski definition) is 1. The predicted octanol–water partition coefficient (Wildman–Crippen LogP) is 3.24. The topological polar surface area (TPSA) is 46.4 Å². The van der Waals surface area contributed by atoms with Crippen molar-refractivity contribution in [3.8, 4) is 0 Å². The van der Waals surface area contributed by atoms with Crippen molar-refractivity contribution >= 4 is 28.8 Å². The minimum absolute atomic E-state index is 0.244. The summed E-state index contributed by atoms with van der Waals surface area (Å²) in [6, 6.07) is 12.8. The summed E-state index contributed by atoms with van der Waals surface area (Å²) >= 11 is 5.89. The lowest BCUT2D eigenvalue weighted by Crippen LogP contribution is -2.11. The van der Waals surface area contributed by atoms with Gasteiger partial charge in [0.2, 0.25) is 0 Å². The van der Waals surface area contributed by atoms with Crippen LogP contribution >= 0.6 is 11.6 Å². The number of benzene rings is 1. The van der Waals surface area contributed by atoms with Crippen molar-refractivity contribution in [2.75, 3.05) is 5.32 Å². The van der Waals surface area contributed by atoms with Gasteiger partial charge in [0, 0.05) is 18.1 Å². The molecule has 0 saturated carbocycles. The summed E-state index contributed by atoms with van der Waals surface area (Å²) in [6.45, 7) is 0. The summed E-state index contributed by atoms with van der Waals surface area (Å²) in [5.41, 5.74) is 1.77. The van der Waals surface area contributed by atoms with E-state index in [2.05, 4.69) is 10.3 Å². The fraction of sp³-hybridized carbons (Fsp3) is 0. The van der Waals surface area contributed by atoms with E-state index >= 15 is 0 Å². The Morgan fingerprint density at radius 3 is 2.68 bits per heavy atom. The zero-order valence-corrected chi connectivity index (χ0v) is 10.6. The van der Waals surface area contributed by atoms with Crippen LogP contribution in [0.5, 0.6) is 0 Å². The largest absolute Gasteiger partial charge is 0.321 e. The lowest BCUT2D eigenvalue weighted by Gasteiger charge is -2.01. The van der Waals surface area contributed by atoms with Crippen LogP contribution in [0.25, 0.3) is 5.65 Å². The van der Waals surface area contributed by atoms with E-state index in [9.17, 15) is 4.79 Å². The molecule has 1 N–H and O–H groups in total. The first kappa shape index (κ1) is 11.7. The molecular weight excluding hydrogens is 262 g/mol. The van der Waals surface area contributed by atoms with E-state index in [-0.39, 0.29) is 5.91 Å². The minimum atomic E-state index is -0.244. The SMILES string of the molecule is O=C(Nc1ccccc1)c1cn2cc(Cl)ccc2n1. The maximum Gasteiger partial charge on any atom is 0.275 e. The Kier molecular flexibility index (Phi) is 2.93. The number of hydrogen-bond acceptors (Lipinski definition) is 2. The number of carbonyl (C=O) groups is 1. The third-order valence-corrected chi connectivity index (χ3v) is 2.90. The van der Waals surface area contributed by atoms with Crippen LogP contribution < -0.4 is 5.32 Å². The third-order valence-electron chi connectivity index (χ3n) is 2.68. The molecule has 2 aromatic heterocycles. The van der Waals surface area contributed by atoms with Crippen molar-refractivity contribution in [1.29, 1.82) is 0 Å². The van der Waals surface area contributed by atoms with Crippen molar-refractivity contribution in [3.63, 3.8) is 0 Å². The average Bonchev–Trinajstić information content (AvgIpc) is 2.83. The van der Waals surface area contributed by atoms with E-state index < -0.39 is 0 Å². The van der Waals surface area contributed by atoms with Crippen molar-refractivity contribution < 1.29 is 4.79 Å². The summed E-state index contributed by atoms with van der Waals surface area (Å²) in [6.07, 6.45) is 3.36. The zero-order valence-electron chi connectivity index (χ0n) is 9.88. The second-order valence-corrected chi connectivity index (χ2v) is 4.50. The number of para-hydroxylation sites is 1. The molecule has 1 amide bonds. The molecule has 3 rings (SSSR count). The van der Waals surface area contributed by atoms with Crippen LogP contribution in [0.15, 0.2) is 54.9 Å². The van der Waals surface area contributed by atoms with Gasteiger partial charge in [0.05, 0.1) is 5.02 Å². The average molecular weight is 272 g/mol. The van der Waals surface area contributed by atoms with Gasteiger partial charge in [-0.05, 0) is 24.3 Å². The number of halogens is 1. The van der Waals surface area contributed by atoms with E-state index in [1.54, 1.807) is 28.9 Å². The van der Waals surface area contributed by atoms with Crippen molar-refractivity contribution in [1.82, 2.24) is 9.38 Å². The highest BCUT2D eigenvalue weighted by Gasteiger charge is 2.10. The number of rotatable bonds is 2. The highest BCUT2D eigenvalue weighted by atomic mass is 35.5. The maximum atomic E-state index is 12.0. The molecule has 4 nitrogen and oxygen atoms in total. The van der Waals surface area contributed by atoms with Gasteiger partial charge in [0.25, 0.3) is 5.91 Å². The van der Waals surface area contributed by atoms with Gasteiger partial charge in [-0.25, -0.2) is 4.98 Å². The molecule has 3 aromatic rings. The van der Waals surface area contributed by atoms with Gasteiger partial charge < -0.3 is 9.72 Å². The third kappa shape index (κ3) is 2.44. The van der Waals surface area contributed by atoms with Gasteiger partial charge in [-0.1, -0.05) is 29.8 Å². The number of imidazole rings is 1. The first-order chi connectivity index (χ1) is 9.22.